The third-order valence-electron chi connectivity index (χ3n) is 2.42. The molecular weight excluding hydrogens is 280 g/mol. The quantitative estimate of drug-likeness (QED) is 0.559. The second-order valence-corrected chi connectivity index (χ2v) is 6.59. The third-order valence-corrected chi connectivity index (χ3v) is 2.42. The largest absolute Gasteiger partial charge is 0.480 e. The van der Waals surface area contributed by atoms with Gasteiger partial charge in [0.25, 0.3) is 0 Å². The number of carboxylic acid groups (broad SMARTS) is 2. The van der Waals surface area contributed by atoms with Crippen LogP contribution >= 0.6 is 0 Å². The zero-order valence-electron chi connectivity index (χ0n) is 13.2. The van der Waals surface area contributed by atoms with Crippen LogP contribution in [-0.4, -0.2) is 61.8 Å². The van der Waals surface area contributed by atoms with E-state index >= 15 is 0 Å². The van der Waals surface area contributed by atoms with Gasteiger partial charge in [0, 0.05) is 10.8 Å². The molecule has 21 heavy (non-hydrogen) atoms. The summed E-state index contributed by atoms with van der Waals surface area (Å²) in [5.74, 6) is -1.99. The van der Waals surface area contributed by atoms with Gasteiger partial charge in [-0.15, -0.1) is 0 Å². The predicted molar refractivity (Wildman–Crippen MR) is 75.3 cm³/mol. The summed E-state index contributed by atoms with van der Waals surface area (Å²) in [4.78, 5) is 20.7. The smallest absolute Gasteiger partial charge is 0.329 e. The molecule has 0 rings (SSSR count). The van der Waals surface area contributed by atoms with E-state index in [0.29, 0.717) is 13.2 Å². The summed E-state index contributed by atoms with van der Waals surface area (Å²) in [6, 6.07) is 0. The molecule has 0 saturated heterocycles. The van der Waals surface area contributed by atoms with E-state index in [4.69, 9.17) is 24.4 Å². The van der Waals surface area contributed by atoms with Crippen LogP contribution in [0.4, 0.5) is 0 Å². The number of ether oxygens (including phenoxy) is 3. The molecule has 0 atom stereocenters. The van der Waals surface area contributed by atoms with Crippen molar-refractivity contribution in [3.05, 3.63) is 0 Å². The molecule has 2 N–H and O–H groups in total. The molecule has 0 heterocycles. The topological polar surface area (TPSA) is 102 Å². The maximum atomic E-state index is 10.4. The minimum atomic E-state index is -0.997. The van der Waals surface area contributed by atoms with Crippen molar-refractivity contribution in [1.29, 1.82) is 0 Å². The number of rotatable bonds is 12. The molecule has 7 nitrogen and oxygen atoms in total. The van der Waals surface area contributed by atoms with E-state index in [0.717, 1.165) is 0 Å². The second kappa shape index (κ2) is 8.96. The van der Waals surface area contributed by atoms with Crippen LogP contribution < -0.4 is 0 Å². The Kier molecular flexibility index (Phi) is 8.46. The molecule has 0 fully saturated rings. The van der Waals surface area contributed by atoms with Crippen LogP contribution in [-0.2, 0) is 23.8 Å². The van der Waals surface area contributed by atoms with Crippen LogP contribution in [0.5, 0.6) is 0 Å². The van der Waals surface area contributed by atoms with Crippen molar-refractivity contribution in [2.24, 2.45) is 10.8 Å². The van der Waals surface area contributed by atoms with Crippen molar-refractivity contribution in [2.75, 3.05) is 39.6 Å². The highest BCUT2D eigenvalue weighted by Gasteiger charge is 2.23. The van der Waals surface area contributed by atoms with Crippen molar-refractivity contribution in [3.63, 3.8) is 0 Å². The van der Waals surface area contributed by atoms with Gasteiger partial charge in [-0.2, -0.15) is 0 Å². The van der Waals surface area contributed by atoms with Gasteiger partial charge >= 0.3 is 11.9 Å². The van der Waals surface area contributed by atoms with Crippen LogP contribution in [0.2, 0.25) is 0 Å². The molecule has 0 spiro atoms. The van der Waals surface area contributed by atoms with Crippen LogP contribution in [0.3, 0.4) is 0 Å². The number of carboxylic acids is 2. The summed E-state index contributed by atoms with van der Waals surface area (Å²) in [7, 11) is 0. The molecule has 124 valence electrons. The Morgan fingerprint density at radius 2 is 1.00 bits per heavy atom. The highest BCUT2D eigenvalue weighted by atomic mass is 16.5. The van der Waals surface area contributed by atoms with Gasteiger partial charge in [0.1, 0.15) is 13.2 Å². The molecule has 0 aromatic rings. The Hall–Kier alpha value is -1.18. The van der Waals surface area contributed by atoms with E-state index in [9.17, 15) is 9.59 Å². The molecular formula is C14H26O7. The molecule has 0 aromatic carbocycles. The first-order valence-corrected chi connectivity index (χ1v) is 6.71. The van der Waals surface area contributed by atoms with E-state index in [1.807, 2.05) is 27.7 Å². The van der Waals surface area contributed by atoms with Gasteiger partial charge in [-0.1, -0.05) is 27.7 Å². The van der Waals surface area contributed by atoms with Gasteiger partial charge in [-0.05, 0) is 0 Å². The lowest BCUT2D eigenvalue weighted by Crippen LogP contribution is -2.32. The lowest BCUT2D eigenvalue weighted by atomic mass is 9.94. The summed E-state index contributed by atoms with van der Waals surface area (Å²) in [6.07, 6.45) is 0. The molecule has 0 radical (unpaired) electrons. The highest BCUT2D eigenvalue weighted by Crippen LogP contribution is 2.20. The monoisotopic (exact) mass is 306 g/mol. The van der Waals surface area contributed by atoms with Crippen LogP contribution in [0.25, 0.3) is 0 Å². The molecule has 0 unspecified atom stereocenters. The number of hydrogen-bond donors (Lipinski definition) is 2. The van der Waals surface area contributed by atoms with E-state index in [2.05, 4.69) is 0 Å². The van der Waals surface area contributed by atoms with Gasteiger partial charge in [0.05, 0.1) is 26.4 Å². The Morgan fingerprint density at radius 3 is 1.29 bits per heavy atom. The van der Waals surface area contributed by atoms with Gasteiger partial charge in [-0.3, -0.25) is 0 Å². The standard InChI is InChI=1S/C14H26O7/c1-13(2,7-19-5-11(15)16)9-21-10-14(3,4)8-20-6-12(17)18/h5-10H2,1-4H3,(H,15,16)(H,17,18). The lowest BCUT2D eigenvalue weighted by molar-refractivity contribution is -0.144. The van der Waals surface area contributed by atoms with E-state index in [1.165, 1.54) is 0 Å². The van der Waals surface area contributed by atoms with Gasteiger partial charge in [-0.25, -0.2) is 9.59 Å². The van der Waals surface area contributed by atoms with Crippen LogP contribution in [0, 0.1) is 10.8 Å². The van der Waals surface area contributed by atoms with Crippen molar-refractivity contribution in [3.8, 4) is 0 Å². The molecule has 0 aliphatic rings. The molecule has 0 aromatic heterocycles. The third kappa shape index (κ3) is 12.3. The van der Waals surface area contributed by atoms with Crippen LogP contribution in [0.15, 0.2) is 0 Å². The summed E-state index contributed by atoms with van der Waals surface area (Å²) < 4.78 is 15.8. The zero-order chi connectivity index (χ0) is 16.5. The van der Waals surface area contributed by atoms with E-state index in [-0.39, 0.29) is 37.3 Å². The van der Waals surface area contributed by atoms with Crippen molar-refractivity contribution >= 4 is 11.9 Å². The Balaban J connectivity index is 3.92. The number of hydrogen-bond acceptors (Lipinski definition) is 5. The normalized spacial score (nSPS) is 12.4. The Labute approximate surface area is 125 Å². The minimum Gasteiger partial charge on any atom is -0.480 e. The van der Waals surface area contributed by atoms with Gasteiger partial charge in [0.15, 0.2) is 0 Å². The zero-order valence-corrected chi connectivity index (χ0v) is 13.2. The van der Waals surface area contributed by atoms with Crippen molar-refractivity contribution < 1.29 is 34.0 Å². The molecule has 7 heteroatoms. The minimum absolute atomic E-state index is 0.287. The first-order valence-electron chi connectivity index (χ1n) is 6.71. The number of aliphatic carboxylic acids is 2. The lowest BCUT2D eigenvalue weighted by Gasteiger charge is -2.28. The Bertz CT molecular complexity index is 304. The van der Waals surface area contributed by atoms with Crippen LogP contribution in [0.1, 0.15) is 27.7 Å². The summed E-state index contributed by atoms with van der Waals surface area (Å²) >= 11 is 0. The Morgan fingerprint density at radius 1 is 0.714 bits per heavy atom. The molecule has 0 aliphatic heterocycles. The molecule has 0 amide bonds. The average Bonchev–Trinajstić information content (AvgIpc) is 2.26. The number of carbonyl (C=O) groups is 2. The maximum absolute atomic E-state index is 10.4. The maximum Gasteiger partial charge on any atom is 0.329 e. The fourth-order valence-corrected chi connectivity index (χ4v) is 1.52. The molecule has 0 aliphatic carbocycles. The molecule has 0 bridgehead atoms. The molecule has 0 saturated carbocycles. The fraction of sp³-hybridized carbons (Fsp3) is 0.857. The van der Waals surface area contributed by atoms with Gasteiger partial charge < -0.3 is 24.4 Å². The SMILES string of the molecule is CC(C)(COCC(=O)O)COCC(C)(C)COCC(=O)O. The fourth-order valence-electron chi connectivity index (χ4n) is 1.52. The second-order valence-electron chi connectivity index (χ2n) is 6.59. The van der Waals surface area contributed by atoms with Crippen molar-refractivity contribution in [1.82, 2.24) is 0 Å². The summed E-state index contributed by atoms with van der Waals surface area (Å²) in [5.41, 5.74) is -0.596. The summed E-state index contributed by atoms with van der Waals surface area (Å²) in [5, 5.41) is 17.0. The average molecular weight is 306 g/mol. The highest BCUT2D eigenvalue weighted by molar-refractivity contribution is 5.68. The first-order chi connectivity index (χ1) is 9.54. The van der Waals surface area contributed by atoms with E-state index < -0.39 is 11.9 Å². The van der Waals surface area contributed by atoms with Gasteiger partial charge in [0.2, 0.25) is 0 Å². The predicted octanol–water partition coefficient (Wildman–Crippen LogP) is 1.26. The van der Waals surface area contributed by atoms with Crippen molar-refractivity contribution in [2.45, 2.75) is 27.7 Å². The first kappa shape index (κ1) is 19.8. The van der Waals surface area contributed by atoms with E-state index in [1.54, 1.807) is 0 Å². The summed E-state index contributed by atoms with van der Waals surface area (Å²) in [6.45, 7) is 8.43.